The van der Waals surface area contributed by atoms with Gasteiger partial charge in [-0.25, -0.2) is 4.98 Å². The Kier molecular flexibility index (Phi) is 2.71. The van der Waals surface area contributed by atoms with Crippen LogP contribution in [0.25, 0.3) is 0 Å². The van der Waals surface area contributed by atoms with Crippen LogP contribution in [0, 0.1) is 0 Å². The monoisotopic (exact) mass is 299 g/mol. The molecule has 5 nitrogen and oxygen atoms in total. The minimum absolute atomic E-state index is 0.00692. The Morgan fingerprint density at radius 1 is 1.41 bits per heavy atom. The SMILES string of the molecule is O=C1Cn2c(C3CC3)nc(Br)c2CN1CCO. The molecule has 0 bridgehead atoms. The number of carbonyl (C=O) groups excluding carboxylic acids is 1. The van der Waals surface area contributed by atoms with E-state index in [0.717, 1.165) is 16.1 Å². The molecule has 0 unspecified atom stereocenters. The van der Waals surface area contributed by atoms with Crippen molar-refractivity contribution in [2.75, 3.05) is 13.2 Å². The van der Waals surface area contributed by atoms with Crippen LogP contribution in [0.15, 0.2) is 4.60 Å². The van der Waals surface area contributed by atoms with Crippen LogP contribution in [-0.2, 0) is 17.9 Å². The van der Waals surface area contributed by atoms with Crippen molar-refractivity contribution in [1.29, 1.82) is 0 Å². The minimum Gasteiger partial charge on any atom is -0.395 e. The van der Waals surface area contributed by atoms with E-state index in [9.17, 15) is 4.79 Å². The van der Waals surface area contributed by atoms with Gasteiger partial charge in [-0.05, 0) is 28.8 Å². The van der Waals surface area contributed by atoms with E-state index in [-0.39, 0.29) is 12.5 Å². The highest BCUT2D eigenvalue weighted by molar-refractivity contribution is 9.10. The molecule has 2 aliphatic rings. The van der Waals surface area contributed by atoms with Gasteiger partial charge in [-0.15, -0.1) is 0 Å². The maximum atomic E-state index is 11.9. The Hall–Kier alpha value is -0.880. The normalized spacial score (nSPS) is 19.6. The summed E-state index contributed by atoms with van der Waals surface area (Å²) < 4.78 is 2.88. The van der Waals surface area contributed by atoms with Crippen molar-refractivity contribution >= 4 is 21.8 Å². The number of hydrogen-bond donors (Lipinski definition) is 1. The zero-order valence-electron chi connectivity index (χ0n) is 9.40. The molecule has 1 fully saturated rings. The summed E-state index contributed by atoms with van der Waals surface area (Å²) in [5.41, 5.74) is 1.06. The highest BCUT2D eigenvalue weighted by atomic mass is 79.9. The average molecular weight is 300 g/mol. The third-order valence-electron chi connectivity index (χ3n) is 3.35. The van der Waals surface area contributed by atoms with Crippen LogP contribution in [0.2, 0.25) is 0 Å². The Balaban J connectivity index is 1.94. The lowest BCUT2D eigenvalue weighted by Gasteiger charge is -2.28. The standard InChI is InChI=1S/C11H14BrN3O2/c12-10-8-5-14(3-4-16)9(17)6-15(8)11(13-10)7-1-2-7/h7,16H,1-6H2. The van der Waals surface area contributed by atoms with Gasteiger partial charge in [0.25, 0.3) is 0 Å². The lowest BCUT2D eigenvalue weighted by atomic mass is 10.3. The molecule has 1 aliphatic heterocycles. The highest BCUT2D eigenvalue weighted by Crippen LogP contribution is 2.41. The first-order chi connectivity index (χ1) is 8.20. The van der Waals surface area contributed by atoms with Crippen LogP contribution in [-0.4, -0.2) is 38.6 Å². The van der Waals surface area contributed by atoms with E-state index in [0.29, 0.717) is 25.6 Å². The van der Waals surface area contributed by atoms with Crippen LogP contribution >= 0.6 is 15.9 Å². The summed E-state index contributed by atoms with van der Waals surface area (Å²) in [6.07, 6.45) is 2.36. The van der Waals surface area contributed by atoms with Gasteiger partial charge in [0.15, 0.2) is 0 Å². The first kappa shape index (κ1) is 11.2. The molecule has 0 radical (unpaired) electrons. The molecule has 1 aromatic rings. The number of carbonyl (C=O) groups is 1. The first-order valence-electron chi connectivity index (χ1n) is 5.84. The van der Waals surface area contributed by atoms with E-state index in [2.05, 4.69) is 20.9 Å². The molecule has 92 valence electrons. The number of amides is 1. The predicted octanol–water partition coefficient (Wildman–Crippen LogP) is 0.857. The Morgan fingerprint density at radius 2 is 2.18 bits per heavy atom. The van der Waals surface area contributed by atoms with E-state index in [4.69, 9.17) is 5.11 Å². The summed E-state index contributed by atoms with van der Waals surface area (Å²) in [5, 5.41) is 8.93. The summed E-state index contributed by atoms with van der Waals surface area (Å²) in [6, 6.07) is 0. The second-order valence-electron chi connectivity index (χ2n) is 4.61. The number of nitrogens with zero attached hydrogens (tertiary/aromatic N) is 3. The van der Waals surface area contributed by atoms with E-state index in [1.807, 2.05) is 4.57 Å². The molecule has 0 atom stereocenters. The molecule has 0 saturated heterocycles. The summed E-state index contributed by atoms with van der Waals surface area (Å²) in [7, 11) is 0. The fourth-order valence-corrected chi connectivity index (χ4v) is 2.81. The third kappa shape index (κ3) is 1.89. The van der Waals surface area contributed by atoms with E-state index < -0.39 is 0 Å². The number of aromatic nitrogens is 2. The molecule has 1 aliphatic carbocycles. The van der Waals surface area contributed by atoms with Gasteiger partial charge < -0.3 is 14.6 Å². The number of β-amino-alcohol motifs (C(OH)–C–C–N with tert-alkyl or cyclic N) is 1. The van der Waals surface area contributed by atoms with Crippen molar-refractivity contribution < 1.29 is 9.90 Å². The zero-order chi connectivity index (χ0) is 12.0. The Morgan fingerprint density at radius 3 is 2.82 bits per heavy atom. The third-order valence-corrected chi connectivity index (χ3v) is 3.99. The van der Waals surface area contributed by atoms with E-state index in [1.165, 1.54) is 12.8 Å². The Bertz CT molecular complexity index is 468. The van der Waals surface area contributed by atoms with Gasteiger partial charge in [0, 0.05) is 12.5 Å². The molecule has 1 saturated carbocycles. The van der Waals surface area contributed by atoms with Gasteiger partial charge in [-0.1, -0.05) is 0 Å². The molecule has 0 spiro atoms. The van der Waals surface area contributed by atoms with E-state index >= 15 is 0 Å². The number of aliphatic hydroxyl groups excluding tert-OH is 1. The number of halogens is 1. The molecular weight excluding hydrogens is 286 g/mol. The molecule has 1 amide bonds. The molecule has 17 heavy (non-hydrogen) atoms. The predicted molar refractivity (Wildman–Crippen MR) is 64.4 cm³/mol. The second-order valence-corrected chi connectivity index (χ2v) is 5.36. The summed E-state index contributed by atoms with van der Waals surface area (Å²) in [6.45, 7) is 1.31. The van der Waals surface area contributed by atoms with Gasteiger partial charge in [0.2, 0.25) is 5.91 Å². The molecule has 3 rings (SSSR count). The maximum absolute atomic E-state index is 11.9. The first-order valence-corrected chi connectivity index (χ1v) is 6.63. The maximum Gasteiger partial charge on any atom is 0.242 e. The van der Waals surface area contributed by atoms with Crippen LogP contribution in [0.4, 0.5) is 0 Å². The molecule has 2 heterocycles. The van der Waals surface area contributed by atoms with Crippen molar-refractivity contribution in [3.8, 4) is 0 Å². The van der Waals surface area contributed by atoms with Crippen molar-refractivity contribution in [2.45, 2.75) is 31.8 Å². The van der Waals surface area contributed by atoms with Gasteiger partial charge in [-0.3, -0.25) is 4.79 Å². The fourth-order valence-electron chi connectivity index (χ4n) is 2.28. The largest absolute Gasteiger partial charge is 0.395 e. The molecule has 6 heteroatoms. The van der Waals surface area contributed by atoms with Crippen LogP contribution in [0.3, 0.4) is 0 Å². The fraction of sp³-hybridized carbons (Fsp3) is 0.636. The Labute approximate surface area is 108 Å². The van der Waals surface area contributed by atoms with Gasteiger partial charge in [0.05, 0.1) is 18.8 Å². The number of hydrogen-bond acceptors (Lipinski definition) is 3. The quantitative estimate of drug-likeness (QED) is 0.900. The van der Waals surface area contributed by atoms with Crippen LogP contribution in [0.1, 0.15) is 30.3 Å². The average Bonchev–Trinajstić information content (AvgIpc) is 3.08. The zero-order valence-corrected chi connectivity index (χ0v) is 11.0. The summed E-state index contributed by atoms with van der Waals surface area (Å²) in [4.78, 5) is 18.1. The van der Waals surface area contributed by atoms with Gasteiger partial charge in [-0.2, -0.15) is 0 Å². The topological polar surface area (TPSA) is 58.4 Å². The van der Waals surface area contributed by atoms with Crippen molar-refractivity contribution in [3.63, 3.8) is 0 Å². The molecule has 0 aromatic carbocycles. The lowest BCUT2D eigenvalue weighted by Crippen LogP contribution is -2.40. The number of rotatable bonds is 3. The minimum atomic E-state index is 0.00692. The molecule has 1 aromatic heterocycles. The number of imidazole rings is 1. The van der Waals surface area contributed by atoms with Crippen LogP contribution < -0.4 is 0 Å². The van der Waals surface area contributed by atoms with Crippen molar-refractivity contribution in [2.24, 2.45) is 0 Å². The summed E-state index contributed by atoms with van der Waals surface area (Å²) in [5.74, 6) is 1.65. The van der Waals surface area contributed by atoms with Crippen LogP contribution in [0.5, 0.6) is 0 Å². The summed E-state index contributed by atoms with van der Waals surface area (Å²) >= 11 is 3.47. The van der Waals surface area contributed by atoms with Crippen molar-refractivity contribution in [1.82, 2.24) is 14.5 Å². The molecular formula is C11H14BrN3O2. The van der Waals surface area contributed by atoms with E-state index in [1.54, 1.807) is 4.90 Å². The van der Waals surface area contributed by atoms with Crippen molar-refractivity contribution in [3.05, 3.63) is 16.1 Å². The smallest absolute Gasteiger partial charge is 0.242 e. The van der Waals surface area contributed by atoms with Gasteiger partial charge in [0.1, 0.15) is 17.0 Å². The lowest BCUT2D eigenvalue weighted by molar-refractivity contribution is -0.134. The number of aliphatic hydroxyl groups is 1. The second kappa shape index (κ2) is 4.10. The van der Waals surface area contributed by atoms with Gasteiger partial charge >= 0.3 is 0 Å². The highest BCUT2D eigenvalue weighted by Gasteiger charge is 2.34. The number of fused-ring (bicyclic) bond motifs is 1. The molecule has 1 N–H and O–H groups in total.